The van der Waals surface area contributed by atoms with E-state index in [0.717, 1.165) is 13.2 Å². The summed E-state index contributed by atoms with van der Waals surface area (Å²) < 4.78 is 4.72. The van der Waals surface area contributed by atoms with Crippen molar-refractivity contribution in [2.24, 2.45) is 0 Å². The first-order chi connectivity index (χ1) is 2.00. The molecule has 28 valence electrons. The largest absolute Gasteiger partial charge is 0.381 e. The van der Waals surface area contributed by atoms with Crippen LogP contribution in [0, 0.1) is 0 Å². The summed E-state index contributed by atoms with van der Waals surface area (Å²) in [4.78, 5) is 0. The van der Waals surface area contributed by atoms with Crippen molar-refractivity contribution < 1.29 is 4.74 Å². The van der Waals surface area contributed by atoms with Gasteiger partial charge in [-0.2, -0.15) is 0 Å². The minimum Gasteiger partial charge on any atom is -0.381 e. The Morgan fingerprint density at radius 2 is 1.40 bits per heavy atom. The SMILES string of the molecule is C1COC1.[Sn]. The van der Waals surface area contributed by atoms with E-state index in [2.05, 4.69) is 0 Å². The normalized spacial score (nSPS) is 19.2. The first-order valence-electron chi connectivity index (χ1n) is 1.58. The van der Waals surface area contributed by atoms with Crippen LogP contribution in [0.1, 0.15) is 6.42 Å². The summed E-state index contributed by atoms with van der Waals surface area (Å²) in [5.74, 6) is 0. The van der Waals surface area contributed by atoms with E-state index < -0.39 is 0 Å². The summed E-state index contributed by atoms with van der Waals surface area (Å²) in [5, 5.41) is 0. The molecule has 1 aliphatic heterocycles. The van der Waals surface area contributed by atoms with Gasteiger partial charge in [0.2, 0.25) is 0 Å². The predicted octanol–water partition coefficient (Wildman–Crippen LogP) is 0.0259. The molecule has 0 saturated carbocycles. The molecule has 0 aliphatic carbocycles. The van der Waals surface area contributed by atoms with Gasteiger partial charge in [0.15, 0.2) is 0 Å². The van der Waals surface area contributed by atoms with Gasteiger partial charge in [-0.15, -0.1) is 0 Å². The third-order valence-electron chi connectivity index (χ3n) is 0.577. The van der Waals surface area contributed by atoms with Gasteiger partial charge < -0.3 is 4.74 Å². The summed E-state index contributed by atoms with van der Waals surface area (Å²) >= 11 is 0. The van der Waals surface area contributed by atoms with Crippen LogP contribution >= 0.6 is 0 Å². The van der Waals surface area contributed by atoms with E-state index in [1.807, 2.05) is 0 Å². The minimum atomic E-state index is 0. The van der Waals surface area contributed by atoms with Gasteiger partial charge in [0.25, 0.3) is 0 Å². The third kappa shape index (κ3) is 1.60. The van der Waals surface area contributed by atoms with Gasteiger partial charge in [0, 0.05) is 37.1 Å². The number of hydrogen-bond donors (Lipinski definition) is 0. The first-order valence-corrected chi connectivity index (χ1v) is 1.58. The molecule has 1 nitrogen and oxygen atoms in total. The average Bonchev–Trinajstić information content (AvgIpc) is 0.722. The van der Waals surface area contributed by atoms with E-state index in [4.69, 9.17) is 4.74 Å². The number of hydrogen-bond acceptors (Lipinski definition) is 1. The average molecular weight is 177 g/mol. The topological polar surface area (TPSA) is 9.23 Å². The van der Waals surface area contributed by atoms with Crippen molar-refractivity contribution >= 4 is 23.9 Å². The van der Waals surface area contributed by atoms with E-state index in [-0.39, 0.29) is 23.9 Å². The van der Waals surface area contributed by atoms with Crippen molar-refractivity contribution in [2.45, 2.75) is 6.42 Å². The summed E-state index contributed by atoms with van der Waals surface area (Å²) in [6.45, 7) is 2.00. The molecule has 1 fully saturated rings. The quantitative estimate of drug-likeness (QED) is 0.474. The van der Waals surface area contributed by atoms with Gasteiger partial charge in [-0.05, 0) is 6.42 Å². The number of ether oxygens (including phenoxy) is 1. The van der Waals surface area contributed by atoms with Gasteiger partial charge >= 0.3 is 0 Å². The van der Waals surface area contributed by atoms with Crippen molar-refractivity contribution in [3.05, 3.63) is 0 Å². The molecule has 1 heterocycles. The molecule has 0 bridgehead atoms. The predicted molar refractivity (Wildman–Crippen MR) is 21.2 cm³/mol. The monoisotopic (exact) mass is 178 g/mol. The Morgan fingerprint density at radius 1 is 1.20 bits per heavy atom. The second-order valence-corrected chi connectivity index (χ2v) is 0.966. The van der Waals surface area contributed by atoms with E-state index in [1.165, 1.54) is 6.42 Å². The first kappa shape index (κ1) is 5.76. The van der Waals surface area contributed by atoms with E-state index >= 15 is 0 Å². The molecule has 0 aromatic heterocycles. The maximum absolute atomic E-state index is 4.72. The second-order valence-electron chi connectivity index (χ2n) is 0.966. The standard InChI is InChI=1S/C3H6O.Sn/c1-2-4-3-1;/h1-3H2;. The molecule has 4 radical (unpaired) electrons. The Bertz CT molecular complexity index is 14.9. The maximum Gasteiger partial charge on any atom is 0.0488 e. The zero-order valence-corrected chi connectivity index (χ0v) is 5.88. The molecular formula is C3H6OSn. The Hall–Kier alpha value is 0.759. The molecular weight excluding hydrogens is 171 g/mol. The molecule has 1 saturated heterocycles. The van der Waals surface area contributed by atoms with E-state index in [9.17, 15) is 0 Å². The van der Waals surface area contributed by atoms with Crippen LogP contribution in [0.15, 0.2) is 0 Å². The molecule has 0 unspecified atom stereocenters. The fourth-order valence-corrected chi connectivity index (χ4v) is 0.144. The van der Waals surface area contributed by atoms with Crippen LogP contribution in [0.2, 0.25) is 0 Å². The molecule has 0 N–H and O–H groups in total. The molecule has 0 aromatic carbocycles. The Morgan fingerprint density at radius 3 is 1.40 bits per heavy atom. The molecule has 5 heavy (non-hydrogen) atoms. The van der Waals surface area contributed by atoms with Gasteiger partial charge in [-0.3, -0.25) is 0 Å². The molecule has 0 aromatic rings. The molecule has 0 atom stereocenters. The van der Waals surface area contributed by atoms with Crippen LogP contribution in [-0.2, 0) is 4.74 Å². The molecule has 1 aliphatic rings. The summed E-state index contributed by atoms with van der Waals surface area (Å²) in [6.07, 6.45) is 1.28. The Balaban J connectivity index is 0.000000160. The van der Waals surface area contributed by atoms with Crippen LogP contribution in [0.3, 0.4) is 0 Å². The van der Waals surface area contributed by atoms with Crippen molar-refractivity contribution in [3.63, 3.8) is 0 Å². The zero-order valence-electron chi connectivity index (χ0n) is 3.03. The molecule has 1 rings (SSSR count). The molecule has 0 spiro atoms. The summed E-state index contributed by atoms with van der Waals surface area (Å²) in [7, 11) is 0. The number of rotatable bonds is 0. The van der Waals surface area contributed by atoms with E-state index in [1.54, 1.807) is 0 Å². The molecule has 2 heteroatoms. The van der Waals surface area contributed by atoms with Crippen LogP contribution in [0.5, 0.6) is 0 Å². The van der Waals surface area contributed by atoms with Gasteiger partial charge in [0.1, 0.15) is 0 Å². The van der Waals surface area contributed by atoms with Crippen molar-refractivity contribution in [3.8, 4) is 0 Å². The van der Waals surface area contributed by atoms with Crippen molar-refractivity contribution in [1.29, 1.82) is 0 Å². The van der Waals surface area contributed by atoms with Crippen LogP contribution < -0.4 is 0 Å². The summed E-state index contributed by atoms with van der Waals surface area (Å²) in [6, 6.07) is 0. The Labute approximate surface area is 48.7 Å². The maximum atomic E-state index is 4.72. The minimum absolute atomic E-state index is 0. The van der Waals surface area contributed by atoms with Crippen molar-refractivity contribution in [1.82, 2.24) is 0 Å². The second kappa shape index (κ2) is 2.97. The van der Waals surface area contributed by atoms with Crippen LogP contribution in [0.25, 0.3) is 0 Å². The smallest absolute Gasteiger partial charge is 0.0488 e. The zero-order chi connectivity index (χ0) is 2.83. The molecule has 0 amide bonds. The van der Waals surface area contributed by atoms with Crippen LogP contribution in [-0.4, -0.2) is 37.1 Å². The third-order valence-corrected chi connectivity index (χ3v) is 0.577. The van der Waals surface area contributed by atoms with Gasteiger partial charge in [-0.1, -0.05) is 0 Å². The van der Waals surface area contributed by atoms with Gasteiger partial charge in [0.05, 0.1) is 0 Å². The van der Waals surface area contributed by atoms with Crippen molar-refractivity contribution in [2.75, 3.05) is 13.2 Å². The fourth-order valence-electron chi connectivity index (χ4n) is 0.144. The van der Waals surface area contributed by atoms with Gasteiger partial charge in [-0.25, -0.2) is 0 Å². The fraction of sp³-hybridized carbons (Fsp3) is 1.00. The Kier molecular flexibility index (Phi) is 3.42. The van der Waals surface area contributed by atoms with Crippen LogP contribution in [0.4, 0.5) is 0 Å². The summed E-state index contributed by atoms with van der Waals surface area (Å²) in [5.41, 5.74) is 0. The van der Waals surface area contributed by atoms with E-state index in [0.29, 0.717) is 0 Å².